The Labute approximate surface area is 105 Å². The number of rotatable bonds is 4. The number of hydrogen-bond acceptors (Lipinski definition) is 5. The molecule has 0 aliphatic heterocycles. The van der Waals surface area contributed by atoms with Crippen molar-refractivity contribution in [2.45, 2.75) is 6.92 Å². The number of amides is 1. The van der Waals surface area contributed by atoms with Gasteiger partial charge in [-0.25, -0.2) is 4.98 Å². The Morgan fingerprint density at radius 1 is 1.65 bits per heavy atom. The normalized spacial score (nSPS) is 12.0. The van der Waals surface area contributed by atoms with Crippen LogP contribution in [0.3, 0.4) is 0 Å². The molecule has 0 bridgehead atoms. The number of halogens is 1. The molecule has 1 heterocycles. The Bertz CT molecular complexity index is 391. The third-order valence-electron chi connectivity index (χ3n) is 2.33. The maximum Gasteiger partial charge on any atom is 0.224 e. The van der Waals surface area contributed by atoms with Crippen LogP contribution in [0.25, 0.3) is 0 Å². The van der Waals surface area contributed by atoms with Crippen LogP contribution in [-0.2, 0) is 4.79 Å². The fraction of sp³-hybridized carbons (Fsp3) is 0.500. The minimum atomic E-state index is -0.153. The van der Waals surface area contributed by atoms with Gasteiger partial charge in [0.2, 0.25) is 11.9 Å². The lowest BCUT2D eigenvalue weighted by molar-refractivity contribution is -0.123. The Hall–Kier alpha value is -1.56. The number of nitrogens with zero attached hydrogens (tertiary/aromatic N) is 3. The first-order chi connectivity index (χ1) is 7.93. The third kappa shape index (κ3) is 3.74. The van der Waals surface area contributed by atoms with Gasteiger partial charge in [0.25, 0.3) is 0 Å². The molecule has 0 spiro atoms. The van der Waals surface area contributed by atoms with Crippen LogP contribution in [-0.4, -0.2) is 36.5 Å². The smallest absolute Gasteiger partial charge is 0.224 e. The Kier molecular flexibility index (Phi) is 4.51. The van der Waals surface area contributed by atoms with Crippen LogP contribution >= 0.6 is 11.6 Å². The molecule has 1 aromatic heterocycles. The summed E-state index contributed by atoms with van der Waals surface area (Å²) in [5, 5.41) is 2.88. The molecule has 3 N–H and O–H groups in total. The van der Waals surface area contributed by atoms with E-state index in [-0.39, 0.29) is 22.9 Å². The summed E-state index contributed by atoms with van der Waals surface area (Å²) in [5.74, 6) is 0.537. The van der Waals surface area contributed by atoms with Gasteiger partial charge in [0.1, 0.15) is 11.0 Å². The lowest BCUT2D eigenvalue weighted by atomic mass is 10.1. The number of carbonyl (C=O) groups excluding carboxylic acids is 1. The first-order valence-electron chi connectivity index (χ1n) is 5.16. The third-order valence-corrected chi connectivity index (χ3v) is 2.53. The van der Waals surface area contributed by atoms with Crippen LogP contribution in [0, 0.1) is 5.92 Å². The molecule has 1 unspecified atom stereocenters. The highest BCUT2D eigenvalue weighted by Crippen LogP contribution is 2.16. The molecule has 0 aliphatic carbocycles. The molecule has 7 heteroatoms. The Morgan fingerprint density at radius 2 is 2.29 bits per heavy atom. The van der Waals surface area contributed by atoms with Crippen molar-refractivity contribution in [3.63, 3.8) is 0 Å². The highest BCUT2D eigenvalue weighted by atomic mass is 35.5. The van der Waals surface area contributed by atoms with Crippen molar-refractivity contribution < 1.29 is 4.79 Å². The number of hydrogen-bond donors (Lipinski definition) is 2. The van der Waals surface area contributed by atoms with Gasteiger partial charge in [0.05, 0.1) is 5.92 Å². The van der Waals surface area contributed by atoms with E-state index in [1.807, 2.05) is 18.9 Å². The fourth-order valence-corrected chi connectivity index (χ4v) is 1.64. The monoisotopic (exact) mass is 257 g/mol. The highest BCUT2D eigenvalue weighted by Gasteiger charge is 2.15. The second kappa shape index (κ2) is 5.67. The maximum atomic E-state index is 11.4. The summed E-state index contributed by atoms with van der Waals surface area (Å²) in [6, 6.07) is 1.61. The van der Waals surface area contributed by atoms with E-state index >= 15 is 0 Å². The van der Waals surface area contributed by atoms with Gasteiger partial charge in [0.15, 0.2) is 0 Å². The summed E-state index contributed by atoms with van der Waals surface area (Å²) >= 11 is 5.78. The lowest BCUT2D eigenvalue weighted by Crippen LogP contribution is -2.34. The number of carbonyl (C=O) groups is 1. The number of nitrogens with two attached hydrogens (primary N) is 1. The number of nitrogens with one attached hydrogen (secondary N) is 1. The van der Waals surface area contributed by atoms with Crippen molar-refractivity contribution in [1.29, 1.82) is 0 Å². The number of nitrogen functional groups attached to an aromatic ring is 1. The van der Waals surface area contributed by atoms with Gasteiger partial charge < -0.3 is 16.0 Å². The van der Waals surface area contributed by atoms with Crippen LogP contribution in [0.5, 0.6) is 0 Å². The van der Waals surface area contributed by atoms with E-state index < -0.39 is 0 Å². The van der Waals surface area contributed by atoms with Gasteiger partial charge in [0, 0.05) is 26.7 Å². The van der Waals surface area contributed by atoms with Crippen molar-refractivity contribution in [3.8, 4) is 0 Å². The molecule has 0 saturated heterocycles. The molecule has 1 aromatic rings. The molecule has 0 aromatic carbocycles. The van der Waals surface area contributed by atoms with Gasteiger partial charge in [-0.2, -0.15) is 4.98 Å². The fourth-order valence-electron chi connectivity index (χ4n) is 1.45. The predicted molar refractivity (Wildman–Crippen MR) is 68.0 cm³/mol. The van der Waals surface area contributed by atoms with Crippen LogP contribution in [0.1, 0.15) is 6.92 Å². The van der Waals surface area contributed by atoms with Crippen molar-refractivity contribution in [3.05, 3.63) is 11.2 Å². The number of aromatic nitrogens is 2. The van der Waals surface area contributed by atoms with Crippen molar-refractivity contribution in [2.24, 2.45) is 5.92 Å². The van der Waals surface area contributed by atoms with Crippen molar-refractivity contribution in [1.82, 2.24) is 15.3 Å². The average Bonchev–Trinajstić information content (AvgIpc) is 2.26. The van der Waals surface area contributed by atoms with E-state index in [0.717, 1.165) is 0 Å². The van der Waals surface area contributed by atoms with Crippen LogP contribution < -0.4 is 16.0 Å². The van der Waals surface area contributed by atoms with E-state index in [9.17, 15) is 4.79 Å². The zero-order valence-corrected chi connectivity index (χ0v) is 10.8. The Balaban J connectivity index is 2.75. The molecule has 1 rings (SSSR count). The van der Waals surface area contributed by atoms with E-state index in [1.165, 1.54) is 0 Å². The first kappa shape index (κ1) is 13.5. The lowest BCUT2D eigenvalue weighted by Gasteiger charge is -2.21. The quantitative estimate of drug-likeness (QED) is 0.769. The maximum absolute atomic E-state index is 11.4. The first-order valence-corrected chi connectivity index (χ1v) is 5.54. The molecule has 17 heavy (non-hydrogen) atoms. The van der Waals surface area contributed by atoms with Gasteiger partial charge >= 0.3 is 0 Å². The van der Waals surface area contributed by atoms with E-state index in [2.05, 4.69) is 15.3 Å². The van der Waals surface area contributed by atoms with Gasteiger partial charge in [-0.15, -0.1) is 0 Å². The molecule has 0 fully saturated rings. The van der Waals surface area contributed by atoms with Crippen LogP contribution in [0.4, 0.5) is 11.8 Å². The van der Waals surface area contributed by atoms with Crippen LogP contribution in [0.15, 0.2) is 6.07 Å². The molecular formula is C10H16ClN5O. The minimum Gasteiger partial charge on any atom is -0.368 e. The minimum absolute atomic E-state index is 0.0232. The Morgan fingerprint density at radius 3 is 2.82 bits per heavy atom. The molecular weight excluding hydrogens is 242 g/mol. The molecule has 94 valence electrons. The van der Waals surface area contributed by atoms with Gasteiger partial charge in [-0.1, -0.05) is 18.5 Å². The van der Waals surface area contributed by atoms with E-state index in [0.29, 0.717) is 12.4 Å². The van der Waals surface area contributed by atoms with Gasteiger partial charge in [-0.05, 0) is 0 Å². The van der Waals surface area contributed by atoms with E-state index in [1.54, 1.807) is 13.1 Å². The summed E-state index contributed by atoms with van der Waals surface area (Å²) in [6.07, 6.45) is 0. The molecule has 1 atom stereocenters. The molecule has 0 aliphatic rings. The zero-order valence-electron chi connectivity index (χ0n) is 10.1. The van der Waals surface area contributed by atoms with Crippen molar-refractivity contribution in [2.75, 3.05) is 31.3 Å². The predicted octanol–water partition coefficient (Wildman–Crippen LogP) is 0.530. The summed E-state index contributed by atoms with van der Waals surface area (Å²) in [7, 11) is 3.43. The molecule has 0 saturated carbocycles. The topological polar surface area (TPSA) is 84.1 Å². The summed E-state index contributed by atoms with van der Waals surface area (Å²) in [4.78, 5) is 21.0. The van der Waals surface area contributed by atoms with Crippen LogP contribution in [0.2, 0.25) is 5.15 Å². The van der Waals surface area contributed by atoms with E-state index in [4.69, 9.17) is 17.3 Å². The second-order valence-electron chi connectivity index (χ2n) is 3.80. The largest absolute Gasteiger partial charge is 0.368 e. The average molecular weight is 258 g/mol. The summed E-state index contributed by atoms with van der Waals surface area (Å²) < 4.78 is 0. The molecule has 1 amide bonds. The number of anilines is 2. The van der Waals surface area contributed by atoms with Crippen molar-refractivity contribution >= 4 is 29.3 Å². The zero-order chi connectivity index (χ0) is 13.0. The summed E-state index contributed by atoms with van der Waals surface area (Å²) in [5.41, 5.74) is 5.50. The summed E-state index contributed by atoms with van der Waals surface area (Å²) in [6.45, 7) is 2.36. The molecule has 0 radical (unpaired) electrons. The second-order valence-corrected chi connectivity index (χ2v) is 4.19. The highest BCUT2D eigenvalue weighted by molar-refractivity contribution is 6.29. The standard InChI is InChI=1S/C10H16ClN5O/c1-6(9(17)13-2)5-16(3)8-4-7(11)14-10(12)15-8/h4,6H,5H2,1-3H3,(H,13,17)(H2,12,14,15). The SMILES string of the molecule is CNC(=O)C(C)CN(C)c1cc(Cl)nc(N)n1. The molecule has 6 nitrogen and oxygen atoms in total. The van der Waals surface area contributed by atoms with Gasteiger partial charge in [-0.3, -0.25) is 4.79 Å².